The van der Waals surface area contributed by atoms with Gasteiger partial charge in [0.1, 0.15) is 12.2 Å². The van der Waals surface area contributed by atoms with Crippen molar-refractivity contribution in [3.63, 3.8) is 0 Å². The molecule has 17 heavy (non-hydrogen) atoms. The second-order valence-electron chi connectivity index (χ2n) is 3.78. The molecular formula is C11H22O6. The molecule has 2 heterocycles. The standard InChI is InChI=1S/C6H12O3.C5H10O3/c1-7-2-3-8-4-6-5-9-6;6-1-2-7-3-5-4-8-5/h6H,2-5H2,1H3;5-6H,1-4H2. The number of hydrogen-bond acceptors (Lipinski definition) is 6. The summed E-state index contributed by atoms with van der Waals surface area (Å²) in [6.45, 7) is 4.94. The monoisotopic (exact) mass is 250 g/mol. The Morgan fingerprint density at radius 1 is 1.00 bits per heavy atom. The predicted octanol–water partition coefficient (Wildman–Crippen LogP) is -0.558. The molecule has 2 aliphatic rings. The molecule has 0 amide bonds. The molecular weight excluding hydrogens is 228 g/mol. The molecule has 2 aliphatic heterocycles. The van der Waals surface area contributed by atoms with E-state index in [0.29, 0.717) is 38.6 Å². The Morgan fingerprint density at radius 2 is 1.53 bits per heavy atom. The molecule has 6 nitrogen and oxygen atoms in total. The Hall–Kier alpha value is -0.240. The molecule has 0 spiro atoms. The normalized spacial score (nSPS) is 25.1. The van der Waals surface area contributed by atoms with E-state index in [9.17, 15) is 0 Å². The smallest absolute Gasteiger partial charge is 0.104 e. The van der Waals surface area contributed by atoms with Gasteiger partial charge < -0.3 is 28.8 Å². The van der Waals surface area contributed by atoms with Crippen LogP contribution in [0.25, 0.3) is 0 Å². The van der Waals surface area contributed by atoms with Crippen LogP contribution in [0, 0.1) is 0 Å². The Labute approximate surface area is 102 Å². The lowest BCUT2D eigenvalue weighted by Gasteiger charge is -1.98. The third kappa shape index (κ3) is 10.6. The van der Waals surface area contributed by atoms with Crippen LogP contribution in [0.15, 0.2) is 0 Å². The van der Waals surface area contributed by atoms with Crippen LogP contribution in [0.5, 0.6) is 0 Å². The van der Waals surface area contributed by atoms with Crippen molar-refractivity contribution in [2.75, 3.05) is 60.0 Å². The van der Waals surface area contributed by atoms with Gasteiger partial charge in [-0.1, -0.05) is 0 Å². The summed E-state index contributed by atoms with van der Waals surface area (Å²) in [4.78, 5) is 0. The maximum Gasteiger partial charge on any atom is 0.104 e. The molecule has 102 valence electrons. The summed E-state index contributed by atoms with van der Waals surface area (Å²) in [6.07, 6.45) is 0.698. The number of ether oxygens (including phenoxy) is 5. The van der Waals surface area contributed by atoms with Crippen molar-refractivity contribution < 1.29 is 28.8 Å². The molecule has 0 bridgehead atoms. The van der Waals surface area contributed by atoms with E-state index in [4.69, 9.17) is 28.8 Å². The SMILES string of the molecule is COCCOCC1CO1.OCCOCC1CO1. The lowest BCUT2D eigenvalue weighted by molar-refractivity contribution is 0.0622. The maximum absolute atomic E-state index is 8.23. The minimum atomic E-state index is 0.104. The van der Waals surface area contributed by atoms with Crippen LogP contribution in [0.3, 0.4) is 0 Å². The number of methoxy groups -OCH3 is 1. The Morgan fingerprint density at radius 3 is 1.94 bits per heavy atom. The lowest BCUT2D eigenvalue weighted by Crippen LogP contribution is -2.06. The van der Waals surface area contributed by atoms with Gasteiger partial charge in [0.25, 0.3) is 0 Å². The highest BCUT2D eigenvalue weighted by atomic mass is 16.6. The van der Waals surface area contributed by atoms with Crippen molar-refractivity contribution in [3.8, 4) is 0 Å². The summed E-state index contributed by atoms with van der Waals surface area (Å²) in [6, 6.07) is 0. The van der Waals surface area contributed by atoms with Crippen LogP contribution in [-0.4, -0.2) is 77.3 Å². The van der Waals surface area contributed by atoms with E-state index in [2.05, 4.69) is 0 Å². The fraction of sp³-hybridized carbons (Fsp3) is 1.00. The molecule has 0 aromatic carbocycles. The van der Waals surface area contributed by atoms with Crippen LogP contribution in [0.4, 0.5) is 0 Å². The highest BCUT2D eigenvalue weighted by Crippen LogP contribution is 2.08. The van der Waals surface area contributed by atoms with Crippen molar-refractivity contribution in [3.05, 3.63) is 0 Å². The van der Waals surface area contributed by atoms with Crippen LogP contribution >= 0.6 is 0 Å². The van der Waals surface area contributed by atoms with Gasteiger partial charge in [0, 0.05) is 7.11 Å². The molecule has 0 saturated carbocycles. The van der Waals surface area contributed by atoms with Crippen LogP contribution in [0.2, 0.25) is 0 Å². The van der Waals surface area contributed by atoms with E-state index in [0.717, 1.165) is 19.8 Å². The average molecular weight is 250 g/mol. The largest absolute Gasteiger partial charge is 0.394 e. The fourth-order valence-electron chi connectivity index (χ4n) is 0.965. The average Bonchev–Trinajstić information content (AvgIpc) is 3.19. The second kappa shape index (κ2) is 9.76. The van der Waals surface area contributed by atoms with E-state index >= 15 is 0 Å². The van der Waals surface area contributed by atoms with Crippen molar-refractivity contribution >= 4 is 0 Å². The quantitative estimate of drug-likeness (QED) is 0.437. The molecule has 2 rings (SSSR count). The van der Waals surface area contributed by atoms with E-state index in [-0.39, 0.29) is 6.61 Å². The summed E-state index contributed by atoms with van der Waals surface area (Å²) in [5.74, 6) is 0. The highest BCUT2D eigenvalue weighted by molar-refractivity contribution is 4.67. The van der Waals surface area contributed by atoms with E-state index in [1.165, 1.54) is 0 Å². The first kappa shape index (κ1) is 14.8. The van der Waals surface area contributed by atoms with Gasteiger partial charge in [-0.05, 0) is 0 Å². The van der Waals surface area contributed by atoms with Gasteiger partial charge in [-0.15, -0.1) is 0 Å². The molecule has 2 fully saturated rings. The summed E-state index contributed by atoms with van der Waals surface area (Å²) in [7, 11) is 1.66. The van der Waals surface area contributed by atoms with Crippen molar-refractivity contribution in [1.82, 2.24) is 0 Å². The van der Waals surface area contributed by atoms with E-state index in [1.807, 2.05) is 0 Å². The van der Waals surface area contributed by atoms with Crippen LogP contribution < -0.4 is 0 Å². The summed E-state index contributed by atoms with van der Waals surface area (Å²) in [5, 5.41) is 8.23. The molecule has 1 N–H and O–H groups in total. The summed E-state index contributed by atoms with van der Waals surface area (Å²) >= 11 is 0. The first-order valence-electron chi connectivity index (χ1n) is 5.85. The van der Waals surface area contributed by atoms with E-state index < -0.39 is 0 Å². The number of rotatable bonds is 9. The van der Waals surface area contributed by atoms with Gasteiger partial charge in [-0.3, -0.25) is 0 Å². The third-order valence-corrected chi connectivity index (χ3v) is 2.08. The molecule has 0 aromatic rings. The van der Waals surface area contributed by atoms with Crippen LogP contribution in [0.1, 0.15) is 0 Å². The molecule has 6 heteroatoms. The number of aliphatic hydroxyl groups excluding tert-OH is 1. The first-order chi connectivity index (χ1) is 8.36. The minimum absolute atomic E-state index is 0.104. The zero-order valence-corrected chi connectivity index (χ0v) is 10.3. The Bertz CT molecular complexity index is 169. The molecule has 0 aromatic heterocycles. The van der Waals surface area contributed by atoms with Gasteiger partial charge in [0.05, 0.1) is 52.9 Å². The molecule has 0 aliphatic carbocycles. The topological polar surface area (TPSA) is 73.0 Å². The number of epoxide rings is 2. The third-order valence-electron chi connectivity index (χ3n) is 2.08. The second-order valence-corrected chi connectivity index (χ2v) is 3.78. The number of hydrogen-bond donors (Lipinski definition) is 1. The van der Waals surface area contributed by atoms with Gasteiger partial charge in [0.15, 0.2) is 0 Å². The minimum Gasteiger partial charge on any atom is -0.394 e. The Kier molecular flexibility index (Phi) is 8.50. The summed E-state index contributed by atoms with van der Waals surface area (Å²) < 4.78 is 24.6. The summed E-state index contributed by atoms with van der Waals surface area (Å²) in [5.41, 5.74) is 0. The van der Waals surface area contributed by atoms with Gasteiger partial charge >= 0.3 is 0 Å². The number of aliphatic hydroxyl groups is 1. The van der Waals surface area contributed by atoms with Gasteiger partial charge in [-0.25, -0.2) is 0 Å². The highest BCUT2D eigenvalue weighted by Gasteiger charge is 2.22. The Balaban J connectivity index is 0.000000171. The van der Waals surface area contributed by atoms with Gasteiger partial charge in [-0.2, -0.15) is 0 Å². The molecule has 2 atom stereocenters. The zero-order valence-electron chi connectivity index (χ0n) is 10.3. The predicted molar refractivity (Wildman–Crippen MR) is 60.1 cm³/mol. The van der Waals surface area contributed by atoms with Crippen molar-refractivity contribution in [2.24, 2.45) is 0 Å². The first-order valence-corrected chi connectivity index (χ1v) is 5.85. The van der Waals surface area contributed by atoms with Crippen molar-refractivity contribution in [2.45, 2.75) is 12.2 Å². The molecule has 0 radical (unpaired) electrons. The lowest BCUT2D eigenvalue weighted by atomic mass is 10.5. The molecule has 2 unspecified atom stereocenters. The molecule has 2 saturated heterocycles. The maximum atomic E-state index is 8.23. The van der Waals surface area contributed by atoms with Gasteiger partial charge in [0.2, 0.25) is 0 Å². The fourth-order valence-corrected chi connectivity index (χ4v) is 0.965. The van der Waals surface area contributed by atoms with E-state index in [1.54, 1.807) is 7.11 Å². The zero-order chi connectivity index (χ0) is 12.3. The van der Waals surface area contributed by atoms with Crippen molar-refractivity contribution in [1.29, 1.82) is 0 Å². The van der Waals surface area contributed by atoms with Crippen LogP contribution in [-0.2, 0) is 23.7 Å².